The lowest BCUT2D eigenvalue weighted by Crippen LogP contribution is -2.16. The molecule has 1 aromatic rings. The van der Waals surface area contributed by atoms with Crippen molar-refractivity contribution in [2.24, 2.45) is 0 Å². The second-order valence-corrected chi connectivity index (χ2v) is 3.32. The molecule has 92 valence electrons. The summed E-state index contributed by atoms with van der Waals surface area (Å²) in [6.07, 6.45) is 0.536. The average molecular weight is 238 g/mol. The van der Waals surface area contributed by atoms with E-state index >= 15 is 0 Å². The van der Waals surface area contributed by atoms with Gasteiger partial charge >= 0.3 is 5.97 Å². The van der Waals surface area contributed by atoms with E-state index in [-0.39, 0.29) is 11.3 Å². The number of hydrogen-bond acceptors (Lipinski definition) is 4. The number of aryl methyl sites for hydroxylation is 1. The summed E-state index contributed by atoms with van der Waals surface area (Å²) in [5.41, 5.74) is 0.678. The number of carbonyl (C=O) groups excluding carboxylic acids is 1. The summed E-state index contributed by atoms with van der Waals surface area (Å²) in [7, 11) is 2.80. The van der Waals surface area contributed by atoms with Crippen LogP contribution in [0.2, 0.25) is 0 Å². The number of carbonyl (C=O) groups is 2. The minimum absolute atomic E-state index is 0.0573. The molecule has 17 heavy (non-hydrogen) atoms. The molecule has 0 spiro atoms. The van der Waals surface area contributed by atoms with E-state index < -0.39 is 11.8 Å². The zero-order valence-electron chi connectivity index (χ0n) is 9.94. The van der Waals surface area contributed by atoms with Crippen LogP contribution in [0.5, 0.6) is 11.5 Å². The monoisotopic (exact) mass is 238 g/mol. The van der Waals surface area contributed by atoms with E-state index in [2.05, 4.69) is 0 Å². The summed E-state index contributed by atoms with van der Waals surface area (Å²) in [4.78, 5) is 22.4. The van der Waals surface area contributed by atoms with Gasteiger partial charge in [-0.2, -0.15) is 0 Å². The van der Waals surface area contributed by atoms with Crippen molar-refractivity contribution in [3.8, 4) is 11.5 Å². The number of carboxylic acids is 1. The maximum absolute atomic E-state index is 11.6. The van der Waals surface area contributed by atoms with Crippen molar-refractivity contribution < 1.29 is 24.2 Å². The highest BCUT2D eigenvalue weighted by atomic mass is 16.5. The number of aliphatic carboxylic acids is 1. The van der Waals surface area contributed by atoms with E-state index in [4.69, 9.17) is 14.6 Å². The Labute approximate surface area is 99.0 Å². The van der Waals surface area contributed by atoms with Crippen molar-refractivity contribution in [3.63, 3.8) is 0 Å². The lowest BCUT2D eigenvalue weighted by atomic mass is 9.99. The van der Waals surface area contributed by atoms with Crippen LogP contribution < -0.4 is 9.47 Å². The van der Waals surface area contributed by atoms with Gasteiger partial charge in [-0.25, -0.2) is 4.79 Å². The molecule has 0 radical (unpaired) electrons. The maximum atomic E-state index is 11.6. The molecular formula is C12H14O5. The van der Waals surface area contributed by atoms with Crippen molar-refractivity contribution in [1.29, 1.82) is 0 Å². The fourth-order valence-electron chi connectivity index (χ4n) is 1.62. The molecule has 0 amide bonds. The Bertz CT molecular complexity index is 450. The summed E-state index contributed by atoms with van der Waals surface area (Å²) in [5, 5.41) is 8.79. The lowest BCUT2D eigenvalue weighted by Gasteiger charge is -2.14. The number of methoxy groups -OCH3 is 2. The van der Waals surface area contributed by atoms with E-state index in [0.29, 0.717) is 17.7 Å². The number of ether oxygens (including phenoxy) is 2. The number of carboxylic acid groups (broad SMARTS) is 1. The van der Waals surface area contributed by atoms with Crippen LogP contribution in [0.25, 0.3) is 0 Å². The van der Waals surface area contributed by atoms with Gasteiger partial charge in [0.25, 0.3) is 5.78 Å². The first kappa shape index (κ1) is 13.0. The summed E-state index contributed by atoms with van der Waals surface area (Å²) in [6.45, 7) is 1.83. The van der Waals surface area contributed by atoms with Crippen molar-refractivity contribution in [3.05, 3.63) is 23.3 Å². The largest absolute Gasteiger partial charge is 0.493 e. The fourth-order valence-corrected chi connectivity index (χ4v) is 1.62. The second-order valence-electron chi connectivity index (χ2n) is 3.32. The van der Waals surface area contributed by atoms with Gasteiger partial charge in [-0.3, -0.25) is 4.79 Å². The Morgan fingerprint density at radius 3 is 2.29 bits per heavy atom. The Hall–Kier alpha value is -2.04. The summed E-state index contributed by atoms with van der Waals surface area (Å²) in [5.74, 6) is -1.99. The van der Waals surface area contributed by atoms with Crippen LogP contribution >= 0.6 is 0 Å². The van der Waals surface area contributed by atoms with Gasteiger partial charge in [-0.05, 0) is 18.1 Å². The highest BCUT2D eigenvalue weighted by Crippen LogP contribution is 2.34. The number of benzene rings is 1. The molecule has 0 aliphatic heterocycles. The average Bonchev–Trinajstić information content (AvgIpc) is 2.35. The van der Waals surface area contributed by atoms with Gasteiger partial charge in [0.1, 0.15) is 0 Å². The molecule has 0 fully saturated rings. The van der Waals surface area contributed by atoms with Crippen LogP contribution in [-0.4, -0.2) is 31.1 Å². The highest BCUT2D eigenvalue weighted by Gasteiger charge is 2.25. The zero-order valence-corrected chi connectivity index (χ0v) is 9.94. The molecule has 0 saturated heterocycles. The Balaban J connectivity index is 3.50. The first-order chi connectivity index (χ1) is 8.06. The first-order valence-corrected chi connectivity index (χ1v) is 5.08. The molecule has 0 aliphatic rings. The van der Waals surface area contributed by atoms with Gasteiger partial charge in [0.15, 0.2) is 11.5 Å². The molecule has 0 bridgehead atoms. The maximum Gasteiger partial charge on any atom is 0.377 e. The Morgan fingerprint density at radius 2 is 1.88 bits per heavy atom. The molecule has 5 heteroatoms. The van der Waals surface area contributed by atoms with Crippen LogP contribution in [0.1, 0.15) is 22.8 Å². The van der Waals surface area contributed by atoms with Crippen molar-refractivity contribution in [2.75, 3.05) is 14.2 Å². The SMILES string of the molecule is CCc1ccc(OC)c(OC)c1C(=O)C(=O)O. The van der Waals surface area contributed by atoms with Gasteiger partial charge in [0.05, 0.1) is 19.8 Å². The molecule has 0 saturated carbocycles. The van der Waals surface area contributed by atoms with E-state index in [1.54, 1.807) is 12.1 Å². The van der Waals surface area contributed by atoms with Gasteiger partial charge in [0.2, 0.25) is 0 Å². The predicted molar refractivity (Wildman–Crippen MR) is 60.9 cm³/mol. The predicted octanol–water partition coefficient (Wildman–Crippen LogP) is 1.53. The summed E-state index contributed by atoms with van der Waals surface area (Å²) < 4.78 is 10.1. The molecule has 1 rings (SSSR count). The second kappa shape index (κ2) is 5.34. The third-order valence-electron chi connectivity index (χ3n) is 2.43. The Kier molecular flexibility index (Phi) is 4.09. The Morgan fingerprint density at radius 1 is 1.24 bits per heavy atom. The topological polar surface area (TPSA) is 72.8 Å². The normalized spacial score (nSPS) is 9.82. The summed E-state index contributed by atoms with van der Waals surface area (Å²) in [6, 6.07) is 3.31. The number of hydrogen-bond donors (Lipinski definition) is 1. The number of rotatable bonds is 5. The third-order valence-corrected chi connectivity index (χ3v) is 2.43. The number of ketones is 1. The molecule has 0 atom stereocenters. The molecule has 1 aromatic carbocycles. The van der Waals surface area contributed by atoms with Crippen LogP contribution in [0, 0.1) is 0 Å². The van der Waals surface area contributed by atoms with Crippen molar-refractivity contribution in [2.45, 2.75) is 13.3 Å². The molecule has 5 nitrogen and oxygen atoms in total. The van der Waals surface area contributed by atoms with E-state index in [9.17, 15) is 9.59 Å². The van der Waals surface area contributed by atoms with Gasteiger partial charge in [-0.15, -0.1) is 0 Å². The minimum atomic E-state index is -1.51. The summed E-state index contributed by atoms with van der Waals surface area (Å²) >= 11 is 0. The molecule has 0 unspecified atom stereocenters. The molecule has 0 aromatic heterocycles. The van der Waals surface area contributed by atoms with E-state index in [0.717, 1.165) is 0 Å². The minimum Gasteiger partial charge on any atom is -0.493 e. The molecule has 0 aliphatic carbocycles. The van der Waals surface area contributed by atoms with Crippen LogP contribution in [0.4, 0.5) is 0 Å². The first-order valence-electron chi connectivity index (χ1n) is 5.08. The lowest BCUT2D eigenvalue weighted by molar-refractivity contribution is -0.131. The highest BCUT2D eigenvalue weighted by molar-refractivity contribution is 6.41. The molecule has 0 heterocycles. The molecule has 1 N–H and O–H groups in total. The van der Waals surface area contributed by atoms with Crippen molar-refractivity contribution >= 4 is 11.8 Å². The van der Waals surface area contributed by atoms with E-state index in [1.165, 1.54) is 14.2 Å². The zero-order chi connectivity index (χ0) is 13.0. The van der Waals surface area contributed by atoms with E-state index in [1.807, 2.05) is 6.92 Å². The van der Waals surface area contributed by atoms with Gasteiger partial charge < -0.3 is 14.6 Å². The van der Waals surface area contributed by atoms with Gasteiger partial charge in [-0.1, -0.05) is 13.0 Å². The van der Waals surface area contributed by atoms with Crippen molar-refractivity contribution in [1.82, 2.24) is 0 Å². The van der Waals surface area contributed by atoms with Gasteiger partial charge in [0, 0.05) is 0 Å². The van der Waals surface area contributed by atoms with Crippen LogP contribution in [-0.2, 0) is 11.2 Å². The third kappa shape index (κ3) is 2.38. The standard InChI is InChI=1S/C12H14O5/c1-4-7-5-6-8(16-2)11(17-3)9(7)10(13)12(14)15/h5-6H,4H2,1-3H3,(H,14,15). The van der Waals surface area contributed by atoms with Crippen LogP contribution in [0.3, 0.4) is 0 Å². The quantitative estimate of drug-likeness (QED) is 0.622. The number of Topliss-reactive ketones (excluding diaryl/α,β-unsaturated/α-hetero) is 1. The molecular weight excluding hydrogens is 224 g/mol. The smallest absolute Gasteiger partial charge is 0.377 e. The van der Waals surface area contributed by atoms with Crippen LogP contribution in [0.15, 0.2) is 12.1 Å². The fraction of sp³-hybridized carbons (Fsp3) is 0.333.